The average molecular weight is 272 g/mol. The molecule has 0 saturated heterocycles. The molecule has 0 aliphatic rings. The van der Waals surface area contributed by atoms with Gasteiger partial charge in [0.15, 0.2) is 0 Å². The summed E-state index contributed by atoms with van der Waals surface area (Å²) in [4.78, 5) is 15.5. The van der Waals surface area contributed by atoms with E-state index in [4.69, 9.17) is 4.74 Å². The highest BCUT2D eigenvalue weighted by Gasteiger charge is 2.14. The van der Waals surface area contributed by atoms with E-state index in [0.29, 0.717) is 11.4 Å². The lowest BCUT2D eigenvalue weighted by Crippen LogP contribution is -2.12. The number of anilines is 1. The van der Waals surface area contributed by atoms with E-state index in [2.05, 4.69) is 10.3 Å². The van der Waals surface area contributed by atoms with Crippen LogP contribution in [0.1, 0.15) is 29.0 Å². The molecule has 5 heteroatoms. The molecule has 2 rings (SSSR count). The van der Waals surface area contributed by atoms with Crippen molar-refractivity contribution in [1.82, 2.24) is 4.98 Å². The number of methoxy groups -OCH3 is 1. The molecule has 1 aromatic heterocycles. The molecule has 1 heterocycles. The molecule has 0 radical (unpaired) electrons. The Morgan fingerprint density at radius 1 is 1.35 bits per heavy atom. The molecule has 20 heavy (non-hydrogen) atoms. The van der Waals surface area contributed by atoms with E-state index in [9.17, 15) is 9.90 Å². The number of carboxylic acids is 1. The topological polar surface area (TPSA) is 71.5 Å². The van der Waals surface area contributed by atoms with Crippen LogP contribution in [0.2, 0.25) is 0 Å². The number of nitrogens with one attached hydrogen (secondary N) is 1. The Morgan fingerprint density at radius 3 is 2.75 bits per heavy atom. The highest BCUT2D eigenvalue weighted by atomic mass is 16.5. The lowest BCUT2D eigenvalue weighted by atomic mass is 10.1. The largest absolute Gasteiger partial charge is 0.497 e. The monoisotopic (exact) mass is 272 g/mol. The third-order valence-corrected chi connectivity index (χ3v) is 2.96. The van der Waals surface area contributed by atoms with Crippen LogP contribution in [0, 0.1) is 0 Å². The van der Waals surface area contributed by atoms with E-state index >= 15 is 0 Å². The molecule has 0 spiro atoms. The number of aromatic nitrogens is 1. The van der Waals surface area contributed by atoms with E-state index in [-0.39, 0.29) is 11.6 Å². The molecule has 1 aromatic carbocycles. The van der Waals surface area contributed by atoms with E-state index in [1.165, 1.54) is 6.07 Å². The van der Waals surface area contributed by atoms with Crippen molar-refractivity contribution in [3.8, 4) is 5.75 Å². The molecule has 2 aromatic rings. The molecule has 1 unspecified atom stereocenters. The van der Waals surface area contributed by atoms with Crippen LogP contribution >= 0.6 is 0 Å². The number of carboxylic acid groups (broad SMARTS) is 1. The minimum absolute atomic E-state index is 0.110. The molecule has 104 valence electrons. The molecule has 0 fully saturated rings. The predicted molar refractivity (Wildman–Crippen MR) is 76.2 cm³/mol. The molecular formula is C15H16N2O3. The zero-order chi connectivity index (χ0) is 14.5. The van der Waals surface area contributed by atoms with E-state index in [1.807, 2.05) is 25.1 Å². The van der Waals surface area contributed by atoms with Gasteiger partial charge in [-0.2, -0.15) is 0 Å². The Kier molecular flexibility index (Phi) is 4.20. The lowest BCUT2D eigenvalue weighted by Gasteiger charge is -2.17. The standard InChI is InChI=1S/C15H16N2O3/c1-10(13-5-3-4-8-16-13)17-14-9-11(20-2)6-7-12(14)15(18)19/h3-10,17H,1-2H3,(H,18,19). The van der Waals surface area contributed by atoms with Crippen molar-refractivity contribution in [2.24, 2.45) is 0 Å². The lowest BCUT2D eigenvalue weighted by molar-refractivity contribution is 0.0698. The minimum atomic E-state index is -0.983. The summed E-state index contributed by atoms with van der Waals surface area (Å²) in [6.07, 6.45) is 1.71. The third kappa shape index (κ3) is 3.06. The first-order valence-corrected chi connectivity index (χ1v) is 6.20. The van der Waals surface area contributed by atoms with Gasteiger partial charge < -0.3 is 15.2 Å². The fourth-order valence-electron chi connectivity index (χ4n) is 1.90. The van der Waals surface area contributed by atoms with Gasteiger partial charge in [0.05, 0.1) is 30.1 Å². The first-order chi connectivity index (χ1) is 9.61. The zero-order valence-electron chi connectivity index (χ0n) is 11.3. The normalized spacial score (nSPS) is 11.7. The number of carbonyl (C=O) groups is 1. The molecule has 1 atom stereocenters. The summed E-state index contributed by atoms with van der Waals surface area (Å²) in [6, 6.07) is 10.3. The van der Waals surface area contributed by atoms with Crippen molar-refractivity contribution in [1.29, 1.82) is 0 Å². The minimum Gasteiger partial charge on any atom is -0.497 e. The third-order valence-electron chi connectivity index (χ3n) is 2.96. The smallest absolute Gasteiger partial charge is 0.337 e. The number of rotatable bonds is 5. The SMILES string of the molecule is COc1ccc(C(=O)O)c(NC(C)c2ccccn2)c1. The highest BCUT2D eigenvalue weighted by molar-refractivity contribution is 5.94. The summed E-state index contributed by atoms with van der Waals surface area (Å²) in [5.74, 6) is -0.380. The Labute approximate surface area is 117 Å². The van der Waals surface area contributed by atoms with Gasteiger partial charge in [0.2, 0.25) is 0 Å². The summed E-state index contributed by atoms with van der Waals surface area (Å²) in [7, 11) is 1.54. The van der Waals surface area contributed by atoms with Gasteiger partial charge in [-0.1, -0.05) is 6.07 Å². The van der Waals surface area contributed by atoms with Gasteiger partial charge in [0.1, 0.15) is 5.75 Å². The number of hydrogen-bond donors (Lipinski definition) is 2. The Bertz CT molecular complexity index is 599. The van der Waals surface area contributed by atoms with Gasteiger partial charge in [0, 0.05) is 12.3 Å². The molecule has 0 amide bonds. The van der Waals surface area contributed by atoms with Crippen LogP contribution in [-0.4, -0.2) is 23.2 Å². The summed E-state index contributed by atoms with van der Waals surface area (Å²) in [5, 5.41) is 12.4. The van der Waals surface area contributed by atoms with Crippen LogP contribution < -0.4 is 10.1 Å². The highest BCUT2D eigenvalue weighted by Crippen LogP contribution is 2.26. The Hall–Kier alpha value is -2.56. The second-order valence-corrected chi connectivity index (χ2v) is 4.34. The van der Waals surface area contributed by atoms with Crippen LogP contribution in [0.25, 0.3) is 0 Å². The number of benzene rings is 1. The quantitative estimate of drug-likeness (QED) is 0.875. The maximum atomic E-state index is 11.2. The molecule has 5 nitrogen and oxygen atoms in total. The molecule has 2 N–H and O–H groups in total. The predicted octanol–water partition coefficient (Wildman–Crippen LogP) is 2.96. The maximum absolute atomic E-state index is 11.2. The van der Waals surface area contributed by atoms with Crippen molar-refractivity contribution < 1.29 is 14.6 Å². The van der Waals surface area contributed by atoms with Crippen molar-refractivity contribution >= 4 is 11.7 Å². The van der Waals surface area contributed by atoms with Crippen LogP contribution in [0.15, 0.2) is 42.6 Å². The fraction of sp³-hybridized carbons (Fsp3) is 0.200. The van der Waals surface area contributed by atoms with Crippen LogP contribution in [0.4, 0.5) is 5.69 Å². The van der Waals surface area contributed by atoms with E-state index < -0.39 is 5.97 Å². The van der Waals surface area contributed by atoms with Crippen LogP contribution in [0.5, 0.6) is 5.75 Å². The van der Waals surface area contributed by atoms with Crippen molar-refractivity contribution in [2.45, 2.75) is 13.0 Å². The Balaban J connectivity index is 2.29. The summed E-state index contributed by atoms with van der Waals surface area (Å²) >= 11 is 0. The van der Waals surface area contributed by atoms with Crippen molar-refractivity contribution in [2.75, 3.05) is 12.4 Å². The number of aromatic carboxylic acids is 1. The zero-order valence-corrected chi connectivity index (χ0v) is 11.3. The number of ether oxygens (including phenoxy) is 1. The summed E-state index contributed by atoms with van der Waals surface area (Å²) in [6.45, 7) is 1.92. The number of nitrogens with zero attached hydrogens (tertiary/aromatic N) is 1. The number of hydrogen-bond acceptors (Lipinski definition) is 4. The van der Waals surface area contributed by atoms with Gasteiger partial charge in [-0.05, 0) is 31.2 Å². The van der Waals surface area contributed by atoms with Gasteiger partial charge >= 0.3 is 5.97 Å². The van der Waals surface area contributed by atoms with E-state index in [1.54, 1.807) is 25.4 Å². The number of pyridine rings is 1. The first-order valence-electron chi connectivity index (χ1n) is 6.20. The van der Waals surface area contributed by atoms with Gasteiger partial charge in [-0.25, -0.2) is 4.79 Å². The molecule has 0 aliphatic heterocycles. The van der Waals surface area contributed by atoms with E-state index in [0.717, 1.165) is 5.69 Å². The van der Waals surface area contributed by atoms with Crippen molar-refractivity contribution in [3.63, 3.8) is 0 Å². The summed E-state index contributed by atoms with van der Waals surface area (Å²) < 4.78 is 5.13. The molecule has 0 bridgehead atoms. The molecule has 0 aliphatic carbocycles. The second-order valence-electron chi connectivity index (χ2n) is 4.34. The van der Waals surface area contributed by atoms with Crippen LogP contribution in [0.3, 0.4) is 0 Å². The van der Waals surface area contributed by atoms with Crippen molar-refractivity contribution in [3.05, 3.63) is 53.9 Å². The first kappa shape index (κ1) is 13.9. The molecular weight excluding hydrogens is 256 g/mol. The summed E-state index contributed by atoms with van der Waals surface area (Å²) in [5.41, 5.74) is 1.55. The Morgan fingerprint density at radius 2 is 2.15 bits per heavy atom. The molecule has 0 saturated carbocycles. The average Bonchev–Trinajstić information content (AvgIpc) is 2.47. The van der Waals surface area contributed by atoms with Gasteiger partial charge in [0.25, 0.3) is 0 Å². The van der Waals surface area contributed by atoms with Gasteiger partial charge in [-0.3, -0.25) is 4.98 Å². The van der Waals surface area contributed by atoms with Crippen LogP contribution in [-0.2, 0) is 0 Å². The second kappa shape index (κ2) is 6.06. The fourth-order valence-corrected chi connectivity index (χ4v) is 1.90. The maximum Gasteiger partial charge on any atom is 0.337 e. The van der Waals surface area contributed by atoms with Gasteiger partial charge in [-0.15, -0.1) is 0 Å².